The van der Waals surface area contributed by atoms with Crippen LogP contribution in [0, 0.1) is 6.92 Å². The Hall–Kier alpha value is -3.55. The number of amides is 2. The van der Waals surface area contributed by atoms with Crippen molar-refractivity contribution in [1.82, 2.24) is 10.9 Å². The molecule has 0 unspecified atom stereocenters. The second-order valence-corrected chi connectivity index (χ2v) is 6.49. The Morgan fingerprint density at radius 1 is 0.933 bits per heavy atom. The molecule has 0 atom stereocenters. The topological polar surface area (TPSA) is 97.0 Å². The summed E-state index contributed by atoms with van der Waals surface area (Å²) in [5, 5.41) is 0. The van der Waals surface area contributed by atoms with E-state index in [1.165, 1.54) is 0 Å². The van der Waals surface area contributed by atoms with Crippen LogP contribution < -0.4 is 20.5 Å². The maximum absolute atomic E-state index is 12.1. The Labute approximate surface area is 176 Å². The first-order chi connectivity index (χ1) is 14.4. The Bertz CT molecular complexity index is 863. The standard InChI is InChI=1S/C22H27N3O5/c1-4-25(5-2)18-11-9-17(10-12-18)22(28)24-23-20(26)14-30-21(27)15-29-19-8-6-7-16(3)13-19/h6-13H,4-5,14-15H2,1-3H3,(H,23,26)(H,24,28). The SMILES string of the molecule is CCN(CC)c1ccc(C(=O)NNC(=O)COC(=O)COc2cccc(C)c2)cc1. The highest BCUT2D eigenvalue weighted by Gasteiger charge is 2.11. The number of hydrazine groups is 1. The van der Waals surface area contributed by atoms with E-state index in [9.17, 15) is 14.4 Å². The third-order valence-electron chi connectivity index (χ3n) is 4.28. The van der Waals surface area contributed by atoms with Gasteiger partial charge in [0.25, 0.3) is 11.8 Å². The smallest absolute Gasteiger partial charge is 0.344 e. The number of hydrogen-bond donors (Lipinski definition) is 2. The maximum Gasteiger partial charge on any atom is 0.344 e. The molecular weight excluding hydrogens is 386 g/mol. The van der Waals surface area contributed by atoms with Crippen molar-refractivity contribution in [2.24, 2.45) is 0 Å². The van der Waals surface area contributed by atoms with Gasteiger partial charge in [-0.2, -0.15) is 0 Å². The second kappa shape index (κ2) is 11.5. The number of nitrogens with one attached hydrogen (secondary N) is 2. The van der Waals surface area contributed by atoms with Crippen LogP contribution in [0.4, 0.5) is 5.69 Å². The van der Waals surface area contributed by atoms with Crippen molar-refractivity contribution in [2.45, 2.75) is 20.8 Å². The zero-order valence-electron chi connectivity index (χ0n) is 17.4. The first-order valence-electron chi connectivity index (χ1n) is 9.72. The summed E-state index contributed by atoms with van der Waals surface area (Å²) in [4.78, 5) is 37.7. The van der Waals surface area contributed by atoms with E-state index < -0.39 is 24.4 Å². The van der Waals surface area contributed by atoms with E-state index >= 15 is 0 Å². The predicted molar refractivity (Wildman–Crippen MR) is 113 cm³/mol. The zero-order chi connectivity index (χ0) is 21.9. The highest BCUT2D eigenvalue weighted by atomic mass is 16.6. The lowest BCUT2D eigenvalue weighted by Crippen LogP contribution is -2.43. The van der Waals surface area contributed by atoms with E-state index in [0.29, 0.717) is 11.3 Å². The molecule has 0 saturated heterocycles. The van der Waals surface area contributed by atoms with Crippen molar-refractivity contribution in [1.29, 1.82) is 0 Å². The third-order valence-corrected chi connectivity index (χ3v) is 4.28. The molecule has 2 rings (SSSR count). The summed E-state index contributed by atoms with van der Waals surface area (Å²) in [6, 6.07) is 14.3. The summed E-state index contributed by atoms with van der Waals surface area (Å²) in [7, 11) is 0. The number of carbonyl (C=O) groups excluding carboxylic acids is 3. The molecule has 8 heteroatoms. The minimum atomic E-state index is -0.690. The van der Waals surface area contributed by atoms with Crippen molar-refractivity contribution in [3.8, 4) is 5.75 Å². The molecule has 2 aromatic rings. The third kappa shape index (κ3) is 7.12. The van der Waals surface area contributed by atoms with E-state index in [1.807, 2.05) is 31.2 Å². The van der Waals surface area contributed by atoms with Crippen molar-refractivity contribution >= 4 is 23.5 Å². The second-order valence-electron chi connectivity index (χ2n) is 6.49. The lowest BCUT2D eigenvalue weighted by molar-refractivity contribution is -0.150. The Morgan fingerprint density at radius 2 is 1.63 bits per heavy atom. The van der Waals surface area contributed by atoms with Crippen molar-refractivity contribution in [3.63, 3.8) is 0 Å². The minimum absolute atomic E-state index is 0.317. The fourth-order valence-corrected chi connectivity index (χ4v) is 2.68. The normalized spacial score (nSPS) is 10.1. The highest BCUT2D eigenvalue weighted by Crippen LogP contribution is 2.15. The summed E-state index contributed by atoms with van der Waals surface area (Å²) >= 11 is 0. The largest absolute Gasteiger partial charge is 0.482 e. The number of esters is 1. The van der Waals surface area contributed by atoms with Crippen LogP contribution in [-0.2, 0) is 14.3 Å². The van der Waals surface area contributed by atoms with Gasteiger partial charge in [-0.3, -0.25) is 20.4 Å². The number of hydrogen-bond acceptors (Lipinski definition) is 6. The van der Waals surface area contributed by atoms with Gasteiger partial charge in [0.2, 0.25) is 0 Å². The van der Waals surface area contributed by atoms with Crippen LogP contribution in [0.25, 0.3) is 0 Å². The molecule has 0 saturated carbocycles. The molecule has 8 nitrogen and oxygen atoms in total. The summed E-state index contributed by atoms with van der Waals surface area (Å²) in [6.45, 7) is 6.91. The number of ether oxygens (including phenoxy) is 2. The summed E-state index contributed by atoms with van der Waals surface area (Å²) < 4.78 is 10.1. The van der Waals surface area contributed by atoms with Gasteiger partial charge in [-0.15, -0.1) is 0 Å². The number of aryl methyl sites for hydroxylation is 1. The zero-order valence-corrected chi connectivity index (χ0v) is 17.4. The van der Waals surface area contributed by atoms with Gasteiger partial charge in [0.15, 0.2) is 13.2 Å². The van der Waals surface area contributed by atoms with E-state index in [0.717, 1.165) is 24.3 Å². The van der Waals surface area contributed by atoms with Crippen LogP contribution in [0.15, 0.2) is 48.5 Å². The number of carbonyl (C=O) groups is 3. The van der Waals surface area contributed by atoms with Crippen LogP contribution in [0.2, 0.25) is 0 Å². The van der Waals surface area contributed by atoms with Gasteiger partial charge in [0.05, 0.1) is 0 Å². The van der Waals surface area contributed by atoms with Crippen LogP contribution in [0.3, 0.4) is 0 Å². The van der Waals surface area contributed by atoms with Gasteiger partial charge in [0, 0.05) is 24.3 Å². The molecule has 0 fully saturated rings. The quantitative estimate of drug-likeness (QED) is 0.483. The van der Waals surface area contributed by atoms with Gasteiger partial charge >= 0.3 is 5.97 Å². The average molecular weight is 413 g/mol. The minimum Gasteiger partial charge on any atom is -0.482 e. The fraction of sp³-hybridized carbons (Fsp3) is 0.318. The summed E-state index contributed by atoms with van der Waals surface area (Å²) in [6.07, 6.45) is 0. The monoisotopic (exact) mass is 413 g/mol. The average Bonchev–Trinajstić information content (AvgIpc) is 2.76. The maximum atomic E-state index is 12.1. The van der Waals surface area contributed by atoms with Crippen LogP contribution in [-0.4, -0.2) is 44.1 Å². The molecule has 0 aliphatic carbocycles. The van der Waals surface area contributed by atoms with Gasteiger partial charge in [-0.25, -0.2) is 4.79 Å². The highest BCUT2D eigenvalue weighted by molar-refractivity contribution is 5.95. The molecule has 0 aliphatic heterocycles. The van der Waals surface area contributed by atoms with Gasteiger partial charge in [-0.05, 0) is 62.7 Å². The van der Waals surface area contributed by atoms with E-state index in [4.69, 9.17) is 9.47 Å². The summed E-state index contributed by atoms with van der Waals surface area (Å²) in [5.41, 5.74) is 6.91. The molecule has 30 heavy (non-hydrogen) atoms. The van der Waals surface area contributed by atoms with Crippen molar-refractivity contribution < 1.29 is 23.9 Å². The van der Waals surface area contributed by atoms with E-state index in [2.05, 4.69) is 29.6 Å². The first kappa shape index (κ1) is 22.7. The lowest BCUT2D eigenvalue weighted by Gasteiger charge is -2.21. The number of benzene rings is 2. The van der Waals surface area contributed by atoms with Crippen LogP contribution >= 0.6 is 0 Å². The molecule has 0 aromatic heterocycles. The van der Waals surface area contributed by atoms with Gasteiger partial charge in [-0.1, -0.05) is 12.1 Å². The van der Waals surface area contributed by atoms with Crippen LogP contribution in [0.1, 0.15) is 29.8 Å². The lowest BCUT2D eigenvalue weighted by atomic mass is 10.2. The Balaban J connectivity index is 1.70. The van der Waals surface area contributed by atoms with E-state index in [1.54, 1.807) is 24.3 Å². The Morgan fingerprint density at radius 3 is 2.27 bits per heavy atom. The Kier molecular flexibility index (Phi) is 8.68. The molecule has 0 bridgehead atoms. The number of anilines is 1. The molecule has 0 radical (unpaired) electrons. The molecule has 0 spiro atoms. The molecule has 0 heterocycles. The molecule has 0 aliphatic rings. The predicted octanol–water partition coefficient (Wildman–Crippen LogP) is 2.22. The van der Waals surface area contributed by atoms with Gasteiger partial charge in [0.1, 0.15) is 5.75 Å². The summed E-state index contributed by atoms with van der Waals surface area (Å²) in [5.74, 6) is -1.28. The van der Waals surface area contributed by atoms with E-state index in [-0.39, 0.29) is 6.61 Å². The number of nitrogens with zero attached hydrogens (tertiary/aromatic N) is 1. The molecule has 2 N–H and O–H groups in total. The molecular formula is C22H27N3O5. The number of rotatable bonds is 9. The fourth-order valence-electron chi connectivity index (χ4n) is 2.68. The van der Waals surface area contributed by atoms with Gasteiger partial charge < -0.3 is 14.4 Å². The molecule has 2 aromatic carbocycles. The first-order valence-corrected chi connectivity index (χ1v) is 9.72. The van der Waals surface area contributed by atoms with Crippen LogP contribution in [0.5, 0.6) is 5.75 Å². The molecule has 160 valence electrons. The van der Waals surface area contributed by atoms with Crippen molar-refractivity contribution in [3.05, 3.63) is 59.7 Å². The molecule has 2 amide bonds. The van der Waals surface area contributed by atoms with Crippen molar-refractivity contribution in [2.75, 3.05) is 31.2 Å².